The number of esters is 3. The quantitative estimate of drug-likeness (QED) is 0.310. The molecule has 27 heavy (non-hydrogen) atoms. The van der Waals surface area contributed by atoms with E-state index >= 15 is 0 Å². The number of rotatable bonds is 5. The molecule has 0 bridgehead atoms. The molecule has 140 valence electrons. The van der Waals surface area contributed by atoms with Crippen LogP contribution < -0.4 is 13.9 Å². The third-order valence-electron chi connectivity index (χ3n) is 3.91. The number of carbonyl (C=O) groups is 3. The van der Waals surface area contributed by atoms with Crippen LogP contribution in [0.5, 0.6) is 11.5 Å². The molecule has 1 atom stereocenters. The maximum atomic E-state index is 12.9. The van der Waals surface area contributed by atoms with Crippen molar-refractivity contribution in [3.8, 4) is 11.5 Å². The van der Waals surface area contributed by atoms with Gasteiger partial charge in [-0.1, -0.05) is 0 Å². The summed E-state index contributed by atoms with van der Waals surface area (Å²) < 4.78 is 15.3. The van der Waals surface area contributed by atoms with Crippen molar-refractivity contribution >= 4 is 37.3 Å². The molecule has 2 aromatic rings. The van der Waals surface area contributed by atoms with Gasteiger partial charge in [-0.25, -0.2) is 0 Å². The second-order valence-corrected chi connectivity index (χ2v) is 8.77. The van der Waals surface area contributed by atoms with Crippen molar-refractivity contribution in [2.24, 2.45) is 0 Å². The summed E-state index contributed by atoms with van der Waals surface area (Å²) >= 11 is -0.524. The van der Waals surface area contributed by atoms with Gasteiger partial charge in [0.15, 0.2) is 0 Å². The topological polar surface area (TPSA) is 78.9 Å². The molecule has 1 aliphatic heterocycles. The van der Waals surface area contributed by atoms with E-state index < -0.39 is 37.2 Å². The second-order valence-electron chi connectivity index (χ2n) is 5.89. The van der Waals surface area contributed by atoms with Crippen molar-refractivity contribution in [3.63, 3.8) is 0 Å². The molecule has 1 heterocycles. The number of hydrogen-bond acceptors (Lipinski definition) is 6. The predicted octanol–water partition coefficient (Wildman–Crippen LogP) is 1.82. The number of carbonyl (C=O) groups excluding carboxylic acids is 3. The fourth-order valence-electron chi connectivity index (χ4n) is 2.74. The molecule has 0 aromatic heterocycles. The number of hydrogen-bond donors (Lipinski definition) is 0. The van der Waals surface area contributed by atoms with Gasteiger partial charge in [0.1, 0.15) is 0 Å². The van der Waals surface area contributed by atoms with E-state index in [1.54, 1.807) is 19.1 Å². The summed E-state index contributed by atoms with van der Waals surface area (Å²) in [7, 11) is 0. The van der Waals surface area contributed by atoms with E-state index in [0.29, 0.717) is 11.3 Å². The van der Waals surface area contributed by atoms with Gasteiger partial charge in [-0.05, 0) is 0 Å². The van der Waals surface area contributed by atoms with Gasteiger partial charge in [-0.3, -0.25) is 0 Å². The van der Waals surface area contributed by atoms with Gasteiger partial charge in [0.25, 0.3) is 0 Å². The fourth-order valence-corrected chi connectivity index (χ4v) is 5.24. The minimum atomic E-state index is -1.39. The molecule has 0 fully saturated rings. The molecule has 0 N–H and O–H groups in total. The van der Waals surface area contributed by atoms with Gasteiger partial charge in [0.05, 0.1) is 0 Å². The minimum absolute atomic E-state index is 0.176. The van der Waals surface area contributed by atoms with Gasteiger partial charge in [0.2, 0.25) is 0 Å². The molecule has 7 heteroatoms. The van der Waals surface area contributed by atoms with Crippen LogP contribution in [0.1, 0.15) is 19.4 Å². The van der Waals surface area contributed by atoms with Gasteiger partial charge in [-0.2, -0.15) is 0 Å². The maximum absolute atomic E-state index is 12.9. The first-order valence-electron chi connectivity index (χ1n) is 8.39. The summed E-state index contributed by atoms with van der Waals surface area (Å²) in [5.74, 6) is -1.11. The van der Waals surface area contributed by atoms with Crippen LogP contribution in [0.25, 0.3) is 0 Å². The Morgan fingerprint density at radius 3 is 2.59 bits per heavy atom. The van der Waals surface area contributed by atoms with E-state index in [1.807, 2.05) is 30.3 Å². The number of ether oxygens (including phenoxy) is 3. The summed E-state index contributed by atoms with van der Waals surface area (Å²) in [6, 6.07) is 14.2. The van der Waals surface area contributed by atoms with Gasteiger partial charge in [0, 0.05) is 0 Å². The van der Waals surface area contributed by atoms with E-state index in [-0.39, 0.29) is 18.8 Å². The van der Waals surface area contributed by atoms with Crippen molar-refractivity contribution in [1.29, 1.82) is 0 Å². The first-order valence-corrected chi connectivity index (χ1v) is 10.1. The van der Waals surface area contributed by atoms with Crippen molar-refractivity contribution in [2.45, 2.75) is 24.6 Å². The van der Waals surface area contributed by atoms with Crippen molar-refractivity contribution in [1.82, 2.24) is 0 Å². The molecule has 3 rings (SSSR count). The SMILES string of the molecule is CCOC(=O)C1([Se]c2ccccc2)Cc2ccc(OC(C)=O)cc2OC1=O. The molecule has 0 aliphatic carbocycles. The van der Waals surface area contributed by atoms with Crippen LogP contribution in [0, 0.1) is 0 Å². The monoisotopic (exact) mass is 434 g/mol. The molecule has 1 unspecified atom stereocenters. The first-order chi connectivity index (χ1) is 12.9. The van der Waals surface area contributed by atoms with Crippen molar-refractivity contribution in [2.75, 3.05) is 6.61 Å². The molecule has 0 radical (unpaired) electrons. The van der Waals surface area contributed by atoms with Crippen LogP contribution in [0.15, 0.2) is 48.5 Å². The molecule has 1 aliphatic rings. The molecule has 6 nitrogen and oxygen atoms in total. The average molecular weight is 433 g/mol. The molecular formula is C20H18O6Se. The molecule has 0 spiro atoms. The summed E-state index contributed by atoms with van der Waals surface area (Å²) in [5, 5.41) is 0. The zero-order valence-corrected chi connectivity index (χ0v) is 16.6. The van der Waals surface area contributed by atoms with Crippen molar-refractivity contribution in [3.05, 3.63) is 54.1 Å². The predicted molar refractivity (Wildman–Crippen MR) is 98.2 cm³/mol. The third kappa shape index (κ3) is 4.04. The Labute approximate surface area is 163 Å². The van der Waals surface area contributed by atoms with Crippen LogP contribution in [-0.2, 0) is 25.5 Å². The summed E-state index contributed by atoms with van der Waals surface area (Å²) in [6.45, 7) is 3.17. The van der Waals surface area contributed by atoms with Gasteiger partial charge >= 0.3 is 163 Å². The Morgan fingerprint density at radius 2 is 1.93 bits per heavy atom. The van der Waals surface area contributed by atoms with E-state index in [1.165, 1.54) is 13.0 Å². The zero-order valence-electron chi connectivity index (χ0n) is 14.9. The Hall–Kier alpha value is -2.63. The Kier molecular flexibility index (Phi) is 5.63. The normalized spacial score (nSPS) is 18.2. The summed E-state index contributed by atoms with van der Waals surface area (Å²) in [4.78, 5) is 36.8. The standard InChI is InChI=1S/C20H18O6Se/c1-3-24-18(22)20(27-16-7-5-4-6-8-16)12-14-9-10-15(25-13(2)21)11-17(14)26-19(20)23/h4-11H,3,12H2,1-2H3. The third-order valence-corrected chi connectivity index (χ3v) is 6.71. The molecule has 0 saturated heterocycles. The summed E-state index contributed by atoms with van der Waals surface area (Å²) in [5.41, 5.74) is 0.691. The fraction of sp³-hybridized carbons (Fsp3) is 0.250. The van der Waals surface area contributed by atoms with Gasteiger partial charge in [-0.15, -0.1) is 0 Å². The average Bonchev–Trinajstić information content (AvgIpc) is 2.63. The molecule has 2 aromatic carbocycles. The van der Waals surface area contributed by atoms with E-state index in [2.05, 4.69) is 0 Å². The first kappa shape index (κ1) is 19.1. The Balaban J connectivity index is 1.98. The van der Waals surface area contributed by atoms with Crippen LogP contribution in [0.3, 0.4) is 0 Å². The Bertz CT molecular complexity index is 879. The van der Waals surface area contributed by atoms with Crippen molar-refractivity contribution < 1.29 is 28.6 Å². The second kappa shape index (κ2) is 7.94. The summed E-state index contributed by atoms with van der Waals surface area (Å²) in [6.07, 6.45) is 0.176. The Morgan fingerprint density at radius 1 is 1.19 bits per heavy atom. The number of benzene rings is 2. The van der Waals surface area contributed by atoms with E-state index in [4.69, 9.17) is 14.2 Å². The van der Waals surface area contributed by atoms with Crippen LogP contribution in [0.2, 0.25) is 4.31 Å². The van der Waals surface area contributed by atoms with E-state index in [9.17, 15) is 14.4 Å². The number of fused-ring (bicyclic) bond motifs is 1. The van der Waals surface area contributed by atoms with Crippen LogP contribution in [0.4, 0.5) is 0 Å². The molecule has 0 saturated carbocycles. The van der Waals surface area contributed by atoms with Crippen LogP contribution >= 0.6 is 0 Å². The van der Waals surface area contributed by atoms with E-state index in [0.717, 1.165) is 4.46 Å². The van der Waals surface area contributed by atoms with Crippen LogP contribution in [-0.4, -0.2) is 39.5 Å². The van der Waals surface area contributed by atoms with Gasteiger partial charge < -0.3 is 0 Å². The molecule has 0 amide bonds. The zero-order chi connectivity index (χ0) is 19.4. The molecular weight excluding hydrogens is 415 g/mol.